The number of aromatic nitrogens is 1. The highest BCUT2D eigenvalue weighted by molar-refractivity contribution is 7.14. The average molecular weight is 468 g/mol. The Labute approximate surface area is 198 Å². The Kier molecular flexibility index (Phi) is 8.30. The lowest BCUT2D eigenvalue weighted by Gasteiger charge is -2.27. The minimum atomic E-state index is -0.100. The second-order valence-electron chi connectivity index (χ2n) is 7.70. The molecule has 1 saturated heterocycles. The third kappa shape index (κ3) is 6.54. The number of rotatable bonds is 10. The maximum absolute atomic E-state index is 13.1. The summed E-state index contributed by atoms with van der Waals surface area (Å²) in [5.74, 6) is 1.38. The fraction of sp³-hybridized carbons (Fsp3) is 0.360. The number of amides is 1. The predicted octanol–water partition coefficient (Wildman–Crippen LogP) is 3.95. The molecule has 0 spiro atoms. The van der Waals surface area contributed by atoms with Crippen molar-refractivity contribution >= 4 is 22.4 Å². The maximum atomic E-state index is 13.1. The minimum Gasteiger partial charge on any atom is -0.497 e. The van der Waals surface area contributed by atoms with Gasteiger partial charge in [0.1, 0.15) is 11.5 Å². The smallest absolute Gasteiger partial charge is 0.266 e. The molecule has 2 aromatic carbocycles. The second kappa shape index (κ2) is 11.8. The SMILES string of the molecule is COc1ccc(-c2csc(N(CCCN3CCOCC3)C(=O)COc3ccccc3)n2)cc1. The van der Waals surface area contributed by atoms with Crippen molar-refractivity contribution in [3.8, 4) is 22.8 Å². The van der Waals surface area contributed by atoms with Crippen molar-refractivity contribution in [2.75, 3.05) is 58.0 Å². The van der Waals surface area contributed by atoms with Gasteiger partial charge in [-0.05, 0) is 42.8 Å². The van der Waals surface area contributed by atoms with E-state index in [4.69, 9.17) is 19.2 Å². The molecule has 3 aromatic rings. The number of hydrogen-bond acceptors (Lipinski definition) is 7. The van der Waals surface area contributed by atoms with Crippen LogP contribution in [0.1, 0.15) is 6.42 Å². The number of anilines is 1. The Hall–Kier alpha value is -2.94. The highest BCUT2D eigenvalue weighted by Crippen LogP contribution is 2.29. The average Bonchev–Trinajstić information content (AvgIpc) is 3.36. The molecule has 174 valence electrons. The van der Waals surface area contributed by atoms with Crippen molar-refractivity contribution in [2.24, 2.45) is 0 Å². The van der Waals surface area contributed by atoms with Crippen molar-refractivity contribution in [2.45, 2.75) is 6.42 Å². The van der Waals surface area contributed by atoms with Gasteiger partial charge >= 0.3 is 0 Å². The number of hydrogen-bond donors (Lipinski definition) is 0. The zero-order chi connectivity index (χ0) is 22.9. The molecule has 1 aliphatic rings. The summed E-state index contributed by atoms with van der Waals surface area (Å²) in [4.78, 5) is 22.0. The van der Waals surface area contributed by atoms with Crippen molar-refractivity contribution in [3.05, 3.63) is 60.0 Å². The molecule has 0 atom stereocenters. The van der Waals surface area contributed by atoms with Gasteiger partial charge in [-0.15, -0.1) is 11.3 Å². The molecular formula is C25H29N3O4S. The van der Waals surface area contributed by atoms with Gasteiger partial charge in [-0.2, -0.15) is 0 Å². The van der Waals surface area contributed by atoms with Crippen LogP contribution in [0.2, 0.25) is 0 Å². The Morgan fingerprint density at radius 1 is 1.09 bits per heavy atom. The molecule has 1 amide bonds. The molecule has 0 unspecified atom stereocenters. The van der Waals surface area contributed by atoms with Crippen LogP contribution in [-0.2, 0) is 9.53 Å². The van der Waals surface area contributed by atoms with Crippen molar-refractivity contribution in [1.29, 1.82) is 0 Å². The van der Waals surface area contributed by atoms with E-state index in [2.05, 4.69) is 4.90 Å². The molecule has 0 saturated carbocycles. The molecule has 0 bridgehead atoms. The molecule has 1 fully saturated rings. The van der Waals surface area contributed by atoms with Crippen LogP contribution in [0.3, 0.4) is 0 Å². The lowest BCUT2D eigenvalue weighted by Crippen LogP contribution is -2.40. The molecule has 2 heterocycles. The van der Waals surface area contributed by atoms with Gasteiger partial charge < -0.3 is 14.2 Å². The van der Waals surface area contributed by atoms with Gasteiger partial charge in [0.2, 0.25) is 0 Å². The topological polar surface area (TPSA) is 64.1 Å². The van der Waals surface area contributed by atoms with Crippen LogP contribution in [0.4, 0.5) is 5.13 Å². The van der Waals surface area contributed by atoms with Crippen molar-refractivity contribution in [1.82, 2.24) is 9.88 Å². The van der Waals surface area contributed by atoms with Crippen LogP contribution in [0.25, 0.3) is 11.3 Å². The summed E-state index contributed by atoms with van der Waals surface area (Å²) in [6.45, 7) is 4.89. The van der Waals surface area contributed by atoms with E-state index >= 15 is 0 Å². The highest BCUT2D eigenvalue weighted by atomic mass is 32.1. The van der Waals surface area contributed by atoms with Crippen LogP contribution in [0, 0.1) is 0 Å². The normalized spacial score (nSPS) is 14.1. The van der Waals surface area contributed by atoms with E-state index in [1.165, 1.54) is 11.3 Å². The summed E-state index contributed by atoms with van der Waals surface area (Å²) >= 11 is 1.47. The molecule has 7 nitrogen and oxygen atoms in total. The van der Waals surface area contributed by atoms with Gasteiger partial charge in [-0.1, -0.05) is 18.2 Å². The summed E-state index contributed by atoms with van der Waals surface area (Å²) in [6.07, 6.45) is 0.856. The van der Waals surface area contributed by atoms with Crippen LogP contribution in [-0.4, -0.2) is 68.9 Å². The van der Waals surface area contributed by atoms with E-state index in [1.54, 1.807) is 12.0 Å². The highest BCUT2D eigenvalue weighted by Gasteiger charge is 2.21. The molecule has 0 radical (unpaired) electrons. The first kappa shape index (κ1) is 23.2. The molecule has 4 rings (SSSR count). The molecule has 1 aliphatic heterocycles. The summed E-state index contributed by atoms with van der Waals surface area (Å²) in [7, 11) is 1.65. The lowest BCUT2D eigenvalue weighted by atomic mass is 10.2. The Balaban J connectivity index is 1.44. The van der Waals surface area contributed by atoms with Gasteiger partial charge in [0.25, 0.3) is 5.91 Å². The molecular weight excluding hydrogens is 438 g/mol. The minimum absolute atomic E-state index is 0.0288. The lowest BCUT2D eigenvalue weighted by molar-refractivity contribution is -0.120. The monoisotopic (exact) mass is 467 g/mol. The van der Waals surface area contributed by atoms with E-state index in [9.17, 15) is 4.79 Å². The third-order valence-electron chi connectivity index (χ3n) is 5.48. The van der Waals surface area contributed by atoms with Gasteiger partial charge in [0, 0.05) is 37.1 Å². The van der Waals surface area contributed by atoms with Gasteiger partial charge in [-0.25, -0.2) is 4.98 Å². The van der Waals surface area contributed by atoms with E-state index in [-0.39, 0.29) is 12.5 Å². The van der Waals surface area contributed by atoms with Gasteiger partial charge in [0.05, 0.1) is 26.0 Å². The second-order valence-corrected chi connectivity index (χ2v) is 8.54. The summed E-state index contributed by atoms with van der Waals surface area (Å²) in [5.41, 5.74) is 1.83. The summed E-state index contributed by atoms with van der Waals surface area (Å²) in [5, 5.41) is 2.67. The number of thiazole rings is 1. The number of morpholine rings is 1. The van der Waals surface area contributed by atoms with E-state index in [1.807, 2.05) is 60.0 Å². The number of nitrogens with zero attached hydrogens (tertiary/aromatic N) is 3. The van der Waals surface area contributed by atoms with E-state index in [0.29, 0.717) is 17.4 Å². The van der Waals surface area contributed by atoms with E-state index < -0.39 is 0 Å². The fourth-order valence-corrected chi connectivity index (χ4v) is 4.50. The number of para-hydroxylation sites is 1. The summed E-state index contributed by atoms with van der Waals surface area (Å²) in [6, 6.07) is 17.2. The fourth-order valence-electron chi connectivity index (χ4n) is 3.63. The van der Waals surface area contributed by atoms with Crippen LogP contribution in [0.5, 0.6) is 11.5 Å². The molecule has 1 aromatic heterocycles. The van der Waals surface area contributed by atoms with E-state index in [0.717, 1.165) is 56.3 Å². The Bertz CT molecular complexity index is 1000. The zero-order valence-corrected chi connectivity index (χ0v) is 19.6. The van der Waals surface area contributed by atoms with Gasteiger partial charge in [-0.3, -0.25) is 14.6 Å². The molecule has 33 heavy (non-hydrogen) atoms. The standard InChI is InChI=1S/C25H29N3O4S/c1-30-21-10-8-20(9-11-21)23-19-33-25(26-23)28(13-5-12-27-14-16-31-17-15-27)24(29)18-32-22-6-3-2-4-7-22/h2-4,6-11,19H,5,12-18H2,1H3. The number of carbonyl (C=O) groups is 1. The van der Waals surface area contributed by atoms with Crippen molar-refractivity contribution < 1.29 is 19.0 Å². The Morgan fingerprint density at radius 3 is 2.58 bits per heavy atom. The number of ether oxygens (including phenoxy) is 3. The van der Waals surface area contributed by atoms with Crippen LogP contribution in [0.15, 0.2) is 60.0 Å². The van der Waals surface area contributed by atoms with Crippen molar-refractivity contribution in [3.63, 3.8) is 0 Å². The third-order valence-corrected chi connectivity index (χ3v) is 6.34. The maximum Gasteiger partial charge on any atom is 0.266 e. The number of carbonyl (C=O) groups excluding carboxylic acids is 1. The number of methoxy groups -OCH3 is 1. The van der Waals surface area contributed by atoms with Crippen LogP contribution >= 0.6 is 11.3 Å². The molecule has 0 N–H and O–H groups in total. The van der Waals surface area contributed by atoms with Gasteiger partial charge in [0.15, 0.2) is 11.7 Å². The first-order valence-corrected chi connectivity index (χ1v) is 12.0. The largest absolute Gasteiger partial charge is 0.497 e. The van der Waals surface area contributed by atoms with Crippen LogP contribution < -0.4 is 14.4 Å². The predicted molar refractivity (Wildman–Crippen MR) is 130 cm³/mol. The molecule has 0 aliphatic carbocycles. The first-order chi connectivity index (χ1) is 16.2. The Morgan fingerprint density at radius 2 is 1.85 bits per heavy atom. The quantitative estimate of drug-likeness (QED) is 0.450. The molecule has 8 heteroatoms. The first-order valence-electron chi connectivity index (χ1n) is 11.1. The summed E-state index contributed by atoms with van der Waals surface area (Å²) < 4.78 is 16.4. The number of benzene rings is 2. The zero-order valence-electron chi connectivity index (χ0n) is 18.8.